The molecule has 0 aromatic rings. The molecule has 3 N–H and O–H groups in total. The smallest absolute Gasteiger partial charge is 0.236 e. The van der Waals surface area contributed by atoms with Crippen molar-refractivity contribution in [3.63, 3.8) is 0 Å². The van der Waals surface area contributed by atoms with Crippen LogP contribution in [0.15, 0.2) is 0 Å². The fourth-order valence-corrected chi connectivity index (χ4v) is 2.59. The Morgan fingerprint density at radius 3 is 2.50 bits per heavy atom. The number of hydrogen-bond donors (Lipinski definition) is 2. The van der Waals surface area contributed by atoms with Crippen molar-refractivity contribution >= 4 is 5.91 Å². The maximum absolute atomic E-state index is 11.8. The third-order valence-electron chi connectivity index (χ3n) is 4.01. The van der Waals surface area contributed by atoms with Gasteiger partial charge in [-0.05, 0) is 49.4 Å². The Balaban J connectivity index is 1.71. The zero-order valence-electron chi connectivity index (χ0n) is 10.5. The lowest BCUT2D eigenvalue weighted by molar-refractivity contribution is -0.123. The maximum atomic E-state index is 11.8. The van der Waals surface area contributed by atoms with Crippen LogP contribution < -0.4 is 11.1 Å². The highest BCUT2D eigenvalue weighted by Gasteiger charge is 2.53. The first kappa shape index (κ1) is 11.9. The standard InChI is InChI=1S/C13H24N2O/c1-9(2)7-11(14)12(16)15-8-13(5-6-13)10-3-4-10/h9-11H,3-8,14H2,1-2H3,(H,15,16)/t11-/m1/s1. The van der Waals surface area contributed by atoms with E-state index in [1.54, 1.807) is 0 Å². The predicted molar refractivity (Wildman–Crippen MR) is 64.8 cm³/mol. The normalized spacial score (nSPS) is 24.2. The van der Waals surface area contributed by atoms with Gasteiger partial charge in [-0.3, -0.25) is 4.79 Å². The van der Waals surface area contributed by atoms with Gasteiger partial charge in [-0.25, -0.2) is 0 Å². The average molecular weight is 224 g/mol. The summed E-state index contributed by atoms with van der Waals surface area (Å²) in [6, 6.07) is -0.324. The predicted octanol–water partition coefficient (Wildman–Crippen LogP) is 1.67. The van der Waals surface area contributed by atoms with Crippen LogP contribution >= 0.6 is 0 Å². The first-order valence-electron chi connectivity index (χ1n) is 6.57. The summed E-state index contributed by atoms with van der Waals surface area (Å²) >= 11 is 0. The van der Waals surface area contributed by atoms with Gasteiger partial charge < -0.3 is 11.1 Å². The molecule has 0 heterocycles. The highest BCUT2D eigenvalue weighted by atomic mass is 16.2. The van der Waals surface area contributed by atoms with E-state index in [0.717, 1.165) is 18.9 Å². The molecule has 2 saturated carbocycles. The van der Waals surface area contributed by atoms with Crippen molar-refractivity contribution in [2.24, 2.45) is 23.0 Å². The Kier molecular flexibility index (Phi) is 3.24. The van der Waals surface area contributed by atoms with E-state index in [1.165, 1.54) is 25.7 Å². The monoisotopic (exact) mass is 224 g/mol. The van der Waals surface area contributed by atoms with Gasteiger partial charge in [0, 0.05) is 6.54 Å². The van der Waals surface area contributed by atoms with Gasteiger partial charge in [-0.15, -0.1) is 0 Å². The van der Waals surface area contributed by atoms with Gasteiger partial charge in [-0.2, -0.15) is 0 Å². The third kappa shape index (κ3) is 2.76. The van der Waals surface area contributed by atoms with E-state index in [9.17, 15) is 4.79 Å². The summed E-state index contributed by atoms with van der Waals surface area (Å²) in [5.74, 6) is 1.42. The van der Waals surface area contributed by atoms with E-state index in [2.05, 4.69) is 19.2 Å². The lowest BCUT2D eigenvalue weighted by Crippen LogP contribution is -2.43. The second kappa shape index (κ2) is 4.36. The van der Waals surface area contributed by atoms with Gasteiger partial charge in [0.15, 0.2) is 0 Å². The van der Waals surface area contributed by atoms with Crippen molar-refractivity contribution in [3.05, 3.63) is 0 Å². The zero-order valence-corrected chi connectivity index (χ0v) is 10.5. The molecule has 0 bridgehead atoms. The van der Waals surface area contributed by atoms with Crippen LogP contribution in [0.4, 0.5) is 0 Å². The molecule has 16 heavy (non-hydrogen) atoms. The minimum Gasteiger partial charge on any atom is -0.354 e. The highest BCUT2D eigenvalue weighted by Crippen LogP contribution is 2.60. The molecule has 0 spiro atoms. The van der Waals surface area contributed by atoms with E-state index in [-0.39, 0.29) is 11.9 Å². The first-order chi connectivity index (χ1) is 7.53. The number of amides is 1. The van der Waals surface area contributed by atoms with E-state index in [1.807, 2.05) is 0 Å². The van der Waals surface area contributed by atoms with Crippen LogP contribution in [0.5, 0.6) is 0 Å². The van der Waals surface area contributed by atoms with Crippen molar-refractivity contribution in [1.82, 2.24) is 5.32 Å². The fourth-order valence-electron chi connectivity index (χ4n) is 2.59. The average Bonchev–Trinajstić information content (AvgIpc) is 3.03. The van der Waals surface area contributed by atoms with E-state index in [4.69, 9.17) is 5.73 Å². The van der Waals surface area contributed by atoms with Gasteiger partial charge in [-0.1, -0.05) is 13.8 Å². The summed E-state index contributed by atoms with van der Waals surface area (Å²) < 4.78 is 0. The molecule has 0 aromatic carbocycles. The molecule has 0 aromatic heterocycles. The van der Waals surface area contributed by atoms with E-state index in [0.29, 0.717) is 11.3 Å². The van der Waals surface area contributed by atoms with Crippen LogP contribution in [0.25, 0.3) is 0 Å². The molecule has 3 heteroatoms. The SMILES string of the molecule is CC(C)C[C@@H](N)C(=O)NCC1(C2CC2)CC1. The molecular formula is C13H24N2O. The lowest BCUT2D eigenvalue weighted by Gasteiger charge is -2.18. The van der Waals surface area contributed by atoms with Gasteiger partial charge in [0.05, 0.1) is 6.04 Å². The molecule has 2 aliphatic rings. The molecule has 3 nitrogen and oxygen atoms in total. The minimum absolute atomic E-state index is 0.0422. The minimum atomic E-state index is -0.324. The molecule has 2 aliphatic carbocycles. The van der Waals surface area contributed by atoms with Crippen LogP contribution in [-0.2, 0) is 4.79 Å². The number of carbonyl (C=O) groups is 1. The summed E-state index contributed by atoms with van der Waals surface area (Å²) in [4.78, 5) is 11.8. The molecule has 2 rings (SSSR count). The number of rotatable bonds is 6. The topological polar surface area (TPSA) is 55.1 Å². The Morgan fingerprint density at radius 1 is 1.44 bits per heavy atom. The van der Waals surface area contributed by atoms with Crippen LogP contribution in [-0.4, -0.2) is 18.5 Å². The Labute approximate surface area is 98.2 Å². The summed E-state index contributed by atoms with van der Waals surface area (Å²) in [6.07, 6.45) is 6.12. The Hall–Kier alpha value is -0.570. The molecule has 2 fully saturated rings. The van der Waals surface area contributed by atoms with Crippen LogP contribution in [0, 0.1) is 17.3 Å². The summed E-state index contributed by atoms with van der Waals surface area (Å²) in [5.41, 5.74) is 6.33. The molecule has 1 amide bonds. The molecule has 92 valence electrons. The van der Waals surface area contributed by atoms with Gasteiger partial charge >= 0.3 is 0 Å². The maximum Gasteiger partial charge on any atom is 0.236 e. The number of nitrogens with two attached hydrogens (primary N) is 1. The van der Waals surface area contributed by atoms with Crippen LogP contribution in [0.3, 0.4) is 0 Å². The summed E-state index contributed by atoms with van der Waals surface area (Å²) in [6.45, 7) is 5.06. The molecular weight excluding hydrogens is 200 g/mol. The molecule has 0 aliphatic heterocycles. The largest absolute Gasteiger partial charge is 0.354 e. The second-order valence-corrected chi connectivity index (χ2v) is 6.09. The van der Waals surface area contributed by atoms with E-state index >= 15 is 0 Å². The van der Waals surface area contributed by atoms with Crippen LogP contribution in [0.1, 0.15) is 46.0 Å². The molecule has 1 atom stereocenters. The number of nitrogens with one attached hydrogen (secondary N) is 1. The lowest BCUT2D eigenvalue weighted by atomic mass is 10.00. The summed E-state index contributed by atoms with van der Waals surface area (Å²) in [5, 5.41) is 3.05. The van der Waals surface area contributed by atoms with Crippen LogP contribution in [0.2, 0.25) is 0 Å². The Morgan fingerprint density at radius 2 is 2.06 bits per heavy atom. The number of hydrogen-bond acceptors (Lipinski definition) is 2. The van der Waals surface area contributed by atoms with Crippen molar-refractivity contribution in [2.75, 3.05) is 6.54 Å². The summed E-state index contributed by atoms with van der Waals surface area (Å²) in [7, 11) is 0. The van der Waals surface area contributed by atoms with Crippen molar-refractivity contribution in [2.45, 2.75) is 52.0 Å². The van der Waals surface area contributed by atoms with Crippen molar-refractivity contribution < 1.29 is 4.79 Å². The van der Waals surface area contributed by atoms with Gasteiger partial charge in [0.2, 0.25) is 5.91 Å². The first-order valence-corrected chi connectivity index (χ1v) is 6.57. The fraction of sp³-hybridized carbons (Fsp3) is 0.923. The van der Waals surface area contributed by atoms with Gasteiger partial charge in [0.25, 0.3) is 0 Å². The third-order valence-corrected chi connectivity index (χ3v) is 4.01. The van der Waals surface area contributed by atoms with E-state index < -0.39 is 0 Å². The quantitative estimate of drug-likeness (QED) is 0.721. The molecule has 0 radical (unpaired) electrons. The second-order valence-electron chi connectivity index (χ2n) is 6.09. The van der Waals surface area contributed by atoms with Crippen molar-refractivity contribution in [1.29, 1.82) is 0 Å². The molecule has 0 unspecified atom stereocenters. The number of carbonyl (C=O) groups excluding carboxylic acids is 1. The van der Waals surface area contributed by atoms with Crippen molar-refractivity contribution in [3.8, 4) is 0 Å². The highest BCUT2D eigenvalue weighted by molar-refractivity contribution is 5.81. The zero-order chi connectivity index (χ0) is 11.8. The van der Waals surface area contributed by atoms with Gasteiger partial charge in [0.1, 0.15) is 0 Å². The Bertz CT molecular complexity index is 267. The molecule has 0 saturated heterocycles.